The molecule has 0 unspecified atom stereocenters. The van der Waals surface area contributed by atoms with E-state index in [9.17, 15) is 9.59 Å². The Labute approximate surface area is 136 Å². The van der Waals surface area contributed by atoms with Crippen molar-refractivity contribution >= 4 is 11.8 Å². The average Bonchev–Trinajstić information content (AvgIpc) is 3.26. The highest BCUT2D eigenvalue weighted by atomic mass is 16.5. The van der Waals surface area contributed by atoms with Gasteiger partial charge in [-0.2, -0.15) is 5.10 Å². The van der Waals surface area contributed by atoms with E-state index in [1.807, 2.05) is 17.7 Å². The van der Waals surface area contributed by atoms with Crippen molar-refractivity contribution in [3.8, 4) is 0 Å². The molecule has 0 aromatic carbocycles. The van der Waals surface area contributed by atoms with Crippen LogP contribution in [0.2, 0.25) is 0 Å². The van der Waals surface area contributed by atoms with Gasteiger partial charge in [-0.05, 0) is 25.8 Å². The van der Waals surface area contributed by atoms with Crippen LogP contribution in [0.25, 0.3) is 0 Å². The van der Waals surface area contributed by atoms with E-state index in [-0.39, 0.29) is 18.4 Å². The average molecular weight is 320 g/mol. The third kappa shape index (κ3) is 4.31. The second-order valence-electron chi connectivity index (χ2n) is 6.14. The number of fused-ring (bicyclic) bond motifs is 1. The van der Waals surface area contributed by atoms with Crippen molar-refractivity contribution in [2.24, 2.45) is 0 Å². The first-order valence-electron chi connectivity index (χ1n) is 8.36. The Kier molecular flexibility index (Phi) is 4.95. The highest BCUT2D eigenvalue weighted by Crippen LogP contribution is 2.19. The van der Waals surface area contributed by atoms with Crippen LogP contribution in [-0.4, -0.2) is 52.3 Å². The lowest BCUT2D eigenvalue weighted by Gasteiger charge is -2.27. The number of amides is 2. The zero-order valence-electron chi connectivity index (χ0n) is 13.6. The van der Waals surface area contributed by atoms with Crippen molar-refractivity contribution < 1.29 is 14.3 Å². The number of nitrogens with one attached hydrogen (secondary N) is 1. The summed E-state index contributed by atoms with van der Waals surface area (Å²) in [6, 6.07) is 2.41. The molecule has 0 atom stereocenters. The number of aromatic nitrogens is 2. The fourth-order valence-corrected chi connectivity index (χ4v) is 2.71. The lowest BCUT2D eigenvalue weighted by atomic mass is 10.2. The topological polar surface area (TPSA) is 76.5 Å². The molecule has 0 saturated heterocycles. The lowest BCUT2D eigenvalue weighted by molar-refractivity contribution is -0.137. The SMILES string of the molecule is CCOCC(=O)N1CCn2nc(CCC(=O)NC3CC3)cc2C1. The van der Waals surface area contributed by atoms with Crippen molar-refractivity contribution in [1.29, 1.82) is 0 Å². The quantitative estimate of drug-likeness (QED) is 0.792. The molecule has 1 N–H and O–H groups in total. The largest absolute Gasteiger partial charge is 0.372 e. The van der Waals surface area contributed by atoms with E-state index in [2.05, 4.69) is 10.4 Å². The molecule has 3 rings (SSSR count). The van der Waals surface area contributed by atoms with Gasteiger partial charge in [-0.1, -0.05) is 0 Å². The molecule has 0 radical (unpaired) electrons. The third-order valence-electron chi connectivity index (χ3n) is 4.18. The molecule has 1 fully saturated rings. The van der Waals surface area contributed by atoms with Gasteiger partial charge >= 0.3 is 0 Å². The Morgan fingerprint density at radius 3 is 2.96 bits per heavy atom. The Hall–Kier alpha value is -1.89. The van der Waals surface area contributed by atoms with E-state index >= 15 is 0 Å². The van der Waals surface area contributed by atoms with Crippen LogP contribution >= 0.6 is 0 Å². The van der Waals surface area contributed by atoms with Gasteiger partial charge in [-0.25, -0.2) is 0 Å². The minimum atomic E-state index is 0.0182. The van der Waals surface area contributed by atoms with Crippen LogP contribution in [-0.2, 0) is 33.8 Å². The van der Waals surface area contributed by atoms with Crippen molar-refractivity contribution in [1.82, 2.24) is 20.0 Å². The van der Waals surface area contributed by atoms with E-state index in [0.717, 1.165) is 24.2 Å². The van der Waals surface area contributed by atoms with Crippen molar-refractivity contribution in [2.75, 3.05) is 19.8 Å². The summed E-state index contributed by atoms with van der Waals surface area (Å²) < 4.78 is 7.13. The highest BCUT2D eigenvalue weighted by Gasteiger charge is 2.24. The summed E-state index contributed by atoms with van der Waals surface area (Å²) in [4.78, 5) is 25.6. The van der Waals surface area contributed by atoms with Gasteiger partial charge in [0, 0.05) is 32.0 Å². The van der Waals surface area contributed by atoms with Crippen LogP contribution in [0.5, 0.6) is 0 Å². The van der Waals surface area contributed by atoms with Gasteiger partial charge in [0.05, 0.1) is 24.5 Å². The molecule has 2 heterocycles. The first-order valence-corrected chi connectivity index (χ1v) is 8.36. The zero-order valence-corrected chi connectivity index (χ0v) is 13.6. The van der Waals surface area contributed by atoms with Crippen LogP contribution in [0.4, 0.5) is 0 Å². The molecule has 1 aromatic rings. The molecule has 7 heteroatoms. The predicted molar refractivity (Wildman–Crippen MR) is 83.6 cm³/mol. The minimum absolute atomic E-state index is 0.0182. The molecule has 23 heavy (non-hydrogen) atoms. The van der Waals surface area contributed by atoms with E-state index in [0.29, 0.717) is 45.1 Å². The van der Waals surface area contributed by atoms with Gasteiger partial charge in [-0.3, -0.25) is 14.3 Å². The predicted octanol–water partition coefficient (Wildman–Crippen LogP) is 0.473. The summed E-state index contributed by atoms with van der Waals surface area (Å²) in [6.45, 7) is 4.48. The van der Waals surface area contributed by atoms with E-state index < -0.39 is 0 Å². The van der Waals surface area contributed by atoms with Crippen LogP contribution in [0.1, 0.15) is 37.6 Å². The molecule has 0 bridgehead atoms. The number of ether oxygens (including phenoxy) is 1. The number of carbonyl (C=O) groups excluding carboxylic acids is 2. The van der Waals surface area contributed by atoms with Gasteiger partial charge in [0.15, 0.2) is 0 Å². The summed E-state index contributed by atoms with van der Waals surface area (Å²) >= 11 is 0. The Balaban J connectivity index is 1.51. The molecule has 1 aromatic heterocycles. The highest BCUT2D eigenvalue weighted by molar-refractivity contribution is 5.77. The van der Waals surface area contributed by atoms with Gasteiger partial charge in [0.1, 0.15) is 6.61 Å². The van der Waals surface area contributed by atoms with Gasteiger partial charge in [-0.15, -0.1) is 0 Å². The maximum absolute atomic E-state index is 12.0. The Bertz CT molecular complexity index is 580. The van der Waals surface area contributed by atoms with Gasteiger partial charge in [0.25, 0.3) is 0 Å². The van der Waals surface area contributed by atoms with Gasteiger partial charge < -0.3 is 15.0 Å². The molecule has 2 aliphatic rings. The summed E-state index contributed by atoms with van der Waals surface area (Å²) in [5.74, 6) is 0.122. The maximum atomic E-state index is 12.0. The number of carbonyl (C=O) groups is 2. The number of hydrogen-bond acceptors (Lipinski definition) is 4. The molecule has 1 saturated carbocycles. The van der Waals surface area contributed by atoms with E-state index in [1.165, 1.54) is 0 Å². The standard InChI is InChI=1S/C16H24N4O3/c1-2-23-11-16(22)19-7-8-20-14(10-19)9-13(18-20)5-6-15(21)17-12-3-4-12/h9,12H,2-8,10-11H2,1H3,(H,17,21). The van der Waals surface area contributed by atoms with Gasteiger partial charge in [0.2, 0.25) is 11.8 Å². The summed E-state index contributed by atoms with van der Waals surface area (Å²) in [5.41, 5.74) is 1.95. The van der Waals surface area contributed by atoms with Crippen LogP contribution < -0.4 is 5.32 Å². The van der Waals surface area contributed by atoms with Crippen molar-refractivity contribution in [3.63, 3.8) is 0 Å². The molecule has 1 aliphatic heterocycles. The number of rotatable bonds is 7. The second kappa shape index (κ2) is 7.12. The number of aryl methyl sites for hydroxylation is 1. The number of nitrogens with zero attached hydrogens (tertiary/aromatic N) is 3. The fourth-order valence-electron chi connectivity index (χ4n) is 2.71. The Morgan fingerprint density at radius 2 is 2.22 bits per heavy atom. The molecule has 7 nitrogen and oxygen atoms in total. The van der Waals surface area contributed by atoms with Crippen molar-refractivity contribution in [3.05, 3.63) is 17.5 Å². The molecule has 126 valence electrons. The molecular weight excluding hydrogens is 296 g/mol. The van der Waals surface area contributed by atoms with Crippen LogP contribution in [0, 0.1) is 0 Å². The lowest BCUT2D eigenvalue weighted by Crippen LogP contribution is -2.40. The summed E-state index contributed by atoms with van der Waals surface area (Å²) in [7, 11) is 0. The molecule has 2 amide bonds. The first-order chi connectivity index (χ1) is 11.2. The van der Waals surface area contributed by atoms with E-state index in [4.69, 9.17) is 4.74 Å². The number of hydrogen-bond donors (Lipinski definition) is 1. The smallest absolute Gasteiger partial charge is 0.248 e. The normalized spacial score (nSPS) is 17.0. The molecular formula is C16H24N4O3. The molecule has 0 spiro atoms. The first kappa shape index (κ1) is 16.0. The summed E-state index contributed by atoms with van der Waals surface area (Å²) in [5, 5.41) is 7.53. The summed E-state index contributed by atoms with van der Waals surface area (Å²) in [6.07, 6.45) is 3.33. The van der Waals surface area contributed by atoms with Crippen molar-refractivity contribution in [2.45, 2.75) is 51.7 Å². The van der Waals surface area contributed by atoms with E-state index in [1.54, 1.807) is 4.90 Å². The van der Waals surface area contributed by atoms with Crippen LogP contribution in [0.15, 0.2) is 6.07 Å². The Morgan fingerprint density at radius 1 is 1.39 bits per heavy atom. The molecule has 1 aliphatic carbocycles. The third-order valence-corrected chi connectivity index (χ3v) is 4.18. The maximum Gasteiger partial charge on any atom is 0.248 e. The minimum Gasteiger partial charge on any atom is -0.372 e. The zero-order chi connectivity index (χ0) is 16.2. The fraction of sp³-hybridized carbons (Fsp3) is 0.688. The monoisotopic (exact) mass is 320 g/mol. The van der Waals surface area contributed by atoms with Crippen LogP contribution in [0.3, 0.4) is 0 Å². The second-order valence-corrected chi connectivity index (χ2v) is 6.14.